The van der Waals surface area contributed by atoms with Gasteiger partial charge in [-0.05, 0) is 31.6 Å². The Balaban J connectivity index is 2.00. The first-order chi connectivity index (χ1) is 9.99. The Morgan fingerprint density at radius 1 is 1.33 bits per heavy atom. The summed E-state index contributed by atoms with van der Waals surface area (Å²) in [7, 11) is 3.97. The fourth-order valence-corrected chi connectivity index (χ4v) is 2.86. The zero-order valence-corrected chi connectivity index (χ0v) is 12.8. The molecule has 1 heterocycles. The third kappa shape index (κ3) is 4.27. The summed E-state index contributed by atoms with van der Waals surface area (Å²) in [6.07, 6.45) is 0.635. The molecular weight excluding hydrogens is 266 g/mol. The fraction of sp³-hybridized carbons (Fsp3) is 0.562. The largest absolute Gasteiger partial charge is 0.391 e. The molecule has 0 aromatic heterocycles. The zero-order valence-electron chi connectivity index (χ0n) is 12.8. The number of hydrogen-bond acceptors (Lipinski definition) is 4. The van der Waals surface area contributed by atoms with E-state index in [1.807, 2.05) is 43.3 Å². The van der Waals surface area contributed by atoms with E-state index >= 15 is 0 Å². The Hall–Kier alpha value is -1.43. The molecule has 5 nitrogen and oxygen atoms in total. The lowest BCUT2D eigenvalue weighted by atomic mass is 10.1. The van der Waals surface area contributed by atoms with Gasteiger partial charge in [0.1, 0.15) is 0 Å². The molecule has 2 unspecified atom stereocenters. The van der Waals surface area contributed by atoms with Crippen molar-refractivity contribution in [2.75, 3.05) is 27.2 Å². The van der Waals surface area contributed by atoms with Crippen LogP contribution in [0.25, 0.3) is 0 Å². The maximum atomic E-state index is 12.5. The van der Waals surface area contributed by atoms with Crippen LogP contribution in [0.5, 0.6) is 0 Å². The van der Waals surface area contributed by atoms with Gasteiger partial charge < -0.3 is 20.6 Å². The SMILES string of the molecule is CN(C)CC1CC(O)CN1C(=O)Cc1ccc(CN)cc1. The van der Waals surface area contributed by atoms with E-state index in [0.717, 1.165) is 17.7 Å². The van der Waals surface area contributed by atoms with Crippen molar-refractivity contribution < 1.29 is 9.90 Å². The van der Waals surface area contributed by atoms with Crippen LogP contribution in [0, 0.1) is 0 Å². The van der Waals surface area contributed by atoms with Crippen LogP contribution in [0.1, 0.15) is 17.5 Å². The van der Waals surface area contributed by atoms with E-state index in [1.54, 1.807) is 0 Å². The second-order valence-corrected chi connectivity index (χ2v) is 6.05. The molecule has 1 aromatic carbocycles. The molecule has 2 rings (SSSR count). The average molecular weight is 291 g/mol. The van der Waals surface area contributed by atoms with Crippen LogP contribution in [-0.2, 0) is 17.8 Å². The summed E-state index contributed by atoms with van der Waals surface area (Å²) in [5.74, 6) is 0.0823. The summed E-state index contributed by atoms with van der Waals surface area (Å²) < 4.78 is 0. The Morgan fingerprint density at radius 2 is 1.95 bits per heavy atom. The van der Waals surface area contributed by atoms with Gasteiger partial charge in [-0.1, -0.05) is 24.3 Å². The van der Waals surface area contributed by atoms with Crippen LogP contribution in [0.3, 0.4) is 0 Å². The Labute approximate surface area is 126 Å². The number of carbonyl (C=O) groups excluding carboxylic acids is 1. The van der Waals surface area contributed by atoms with Crippen LogP contribution in [0.15, 0.2) is 24.3 Å². The number of amides is 1. The molecule has 3 N–H and O–H groups in total. The number of aliphatic hydroxyl groups excluding tert-OH is 1. The molecule has 2 atom stereocenters. The number of β-amino-alcohol motifs (C(OH)–C–C–N with tert-alkyl or cyclic N) is 1. The number of rotatable bonds is 5. The molecule has 1 aliphatic rings. The smallest absolute Gasteiger partial charge is 0.227 e. The van der Waals surface area contributed by atoms with E-state index in [9.17, 15) is 9.90 Å². The third-order valence-electron chi connectivity index (χ3n) is 3.90. The minimum absolute atomic E-state index is 0.0823. The Bertz CT molecular complexity index is 473. The third-order valence-corrected chi connectivity index (χ3v) is 3.90. The predicted octanol–water partition coefficient (Wildman–Crippen LogP) is 0.211. The number of hydrogen-bond donors (Lipinski definition) is 2. The first kappa shape index (κ1) is 15.9. The van der Waals surface area contributed by atoms with Gasteiger partial charge in [0.25, 0.3) is 0 Å². The van der Waals surface area contributed by atoms with Crippen molar-refractivity contribution in [3.05, 3.63) is 35.4 Å². The number of carbonyl (C=O) groups is 1. The zero-order chi connectivity index (χ0) is 15.4. The van der Waals surface area contributed by atoms with Crippen LogP contribution < -0.4 is 5.73 Å². The van der Waals surface area contributed by atoms with E-state index in [-0.39, 0.29) is 11.9 Å². The highest BCUT2D eigenvalue weighted by Crippen LogP contribution is 2.20. The maximum absolute atomic E-state index is 12.5. The second-order valence-electron chi connectivity index (χ2n) is 6.05. The lowest BCUT2D eigenvalue weighted by Gasteiger charge is -2.27. The van der Waals surface area contributed by atoms with Gasteiger partial charge in [0, 0.05) is 25.7 Å². The number of likely N-dealkylation sites (N-methyl/N-ethyl adjacent to an activating group) is 1. The molecular formula is C16H25N3O2. The minimum atomic E-state index is -0.404. The summed E-state index contributed by atoms with van der Waals surface area (Å²) in [5.41, 5.74) is 7.62. The van der Waals surface area contributed by atoms with Crippen LogP contribution >= 0.6 is 0 Å². The molecule has 0 radical (unpaired) electrons. The van der Waals surface area contributed by atoms with E-state index in [1.165, 1.54) is 0 Å². The number of nitrogens with two attached hydrogens (primary N) is 1. The van der Waals surface area contributed by atoms with Gasteiger partial charge in [-0.25, -0.2) is 0 Å². The van der Waals surface area contributed by atoms with Gasteiger partial charge in [0.2, 0.25) is 5.91 Å². The standard InChI is InChI=1S/C16H25N3O2/c1-18(2)10-14-8-15(20)11-19(14)16(21)7-12-3-5-13(9-17)6-4-12/h3-6,14-15,20H,7-11,17H2,1-2H3. The number of aliphatic hydroxyl groups is 1. The summed E-state index contributed by atoms with van der Waals surface area (Å²) in [4.78, 5) is 16.4. The van der Waals surface area contributed by atoms with Crippen molar-refractivity contribution in [2.45, 2.75) is 31.5 Å². The van der Waals surface area contributed by atoms with Crippen molar-refractivity contribution in [1.82, 2.24) is 9.80 Å². The highest BCUT2D eigenvalue weighted by molar-refractivity contribution is 5.79. The quantitative estimate of drug-likeness (QED) is 0.814. The van der Waals surface area contributed by atoms with Crippen molar-refractivity contribution in [1.29, 1.82) is 0 Å². The molecule has 1 amide bonds. The number of nitrogens with zero attached hydrogens (tertiary/aromatic N) is 2. The normalized spacial score (nSPS) is 22.0. The Kier molecular flexibility index (Phi) is 5.33. The molecule has 0 aliphatic carbocycles. The Morgan fingerprint density at radius 3 is 2.52 bits per heavy atom. The molecule has 0 bridgehead atoms. The van der Waals surface area contributed by atoms with Gasteiger partial charge in [0.15, 0.2) is 0 Å². The van der Waals surface area contributed by atoms with E-state index in [4.69, 9.17) is 5.73 Å². The molecule has 1 fully saturated rings. The van der Waals surface area contributed by atoms with E-state index in [2.05, 4.69) is 4.90 Å². The fourth-order valence-electron chi connectivity index (χ4n) is 2.86. The molecule has 1 aliphatic heterocycles. The molecule has 5 heteroatoms. The molecule has 1 saturated heterocycles. The number of benzene rings is 1. The lowest BCUT2D eigenvalue weighted by Crippen LogP contribution is -2.42. The van der Waals surface area contributed by atoms with Crippen molar-refractivity contribution in [3.8, 4) is 0 Å². The summed E-state index contributed by atoms with van der Waals surface area (Å²) in [5, 5.41) is 9.84. The lowest BCUT2D eigenvalue weighted by molar-refractivity contribution is -0.131. The minimum Gasteiger partial charge on any atom is -0.391 e. The molecule has 0 saturated carbocycles. The van der Waals surface area contributed by atoms with Crippen molar-refractivity contribution >= 4 is 5.91 Å². The van der Waals surface area contributed by atoms with Gasteiger partial charge in [-0.2, -0.15) is 0 Å². The summed E-state index contributed by atoms with van der Waals surface area (Å²) >= 11 is 0. The highest BCUT2D eigenvalue weighted by atomic mass is 16.3. The highest BCUT2D eigenvalue weighted by Gasteiger charge is 2.34. The first-order valence-corrected chi connectivity index (χ1v) is 7.39. The first-order valence-electron chi connectivity index (χ1n) is 7.39. The van der Waals surface area contributed by atoms with Crippen LogP contribution in [-0.4, -0.2) is 60.1 Å². The van der Waals surface area contributed by atoms with Gasteiger partial charge >= 0.3 is 0 Å². The number of likely N-dealkylation sites (tertiary alicyclic amines) is 1. The monoisotopic (exact) mass is 291 g/mol. The molecule has 0 spiro atoms. The predicted molar refractivity (Wildman–Crippen MR) is 82.7 cm³/mol. The van der Waals surface area contributed by atoms with Gasteiger partial charge in [-0.15, -0.1) is 0 Å². The molecule has 1 aromatic rings. The van der Waals surface area contributed by atoms with Crippen molar-refractivity contribution in [3.63, 3.8) is 0 Å². The van der Waals surface area contributed by atoms with Gasteiger partial charge in [0.05, 0.1) is 12.5 Å². The van der Waals surface area contributed by atoms with Crippen LogP contribution in [0.2, 0.25) is 0 Å². The second kappa shape index (κ2) is 7.02. The topological polar surface area (TPSA) is 69.8 Å². The molecule has 116 valence electrons. The summed E-state index contributed by atoms with van der Waals surface area (Å²) in [6.45, 7) is 1.74. The van der Waals surface area contributed by atoms with E-state index in [0.29, 0.717) is 25.9 Å². The van der Waals surface area contributed by atoms with Gasteiger partial charge in [-0.3, -0.25) is 4.79 Å². The maximum Gasteiger partial charge on any atom is 0.227 e. The summed E-state index contributed by atoms with van der Waals surface area (Å²) in [6, 6.07) is 7.92. The van der Waals surface area contributed by atoms with Crippen LogP contribution in [0.4, 0.5) is 0 Å². The van der Waals surface area contributed by atoms with E-state index < -0.39 is 6.10 Å². The van der Waals surface area contributed by atoms with Crippen molar-refractivity contribution in [2.24, 2.45) is 5.73 Å². The average Bonchev–Trinajstić information content (AvgIpc) is 2.79. The molecule has 21 heavy (non-hydrogen) atoms.